The van der Waals surface area contributed by atoms with Crippen LogP contribution in [0.3, 0.4) is 0 Å². The summed E-state index contributed by atoms with van der Waals surface area (Å²) in [6, 6.07) is 8.18. The van der Waals surface area contributed by atoms with Crippen LogP contribution in [-0.2, 0) is 12.8 Å². The van der Waals surface area contributed by atoms with Crippen molar-refractivity contribution in [2.75, 3.05) is 6.61 Å². The molecule has 1 rings (SSSR count). The Labute approximate surface area is 85.2 Å². The third-order valence-electron chi connectivity index (χ3n) is 2.15. The van der Waals surface area contributed by atoms with Crippen LogP contribution < -0.4 is 0 Å². The van der Waals surface area contributed by atoms with Crippen molar-refractivity contribution in [3.05, 3.63) is 35.4 Å². The van der Waals surface area contributed by atoms with Crippen molar-refractivity contribution in [3.63, 3.8) is 0 Å². The average molecular weight is 194 g/mol. The number of aliphatic hydroxyl groups excluding tert-OH is 2. The lowest BCUT2D eigenvalue weighted by Crippen LogP contribution is -2.04. The van der Waals surface area contributed by atoms with Crippen molar-refractivity contribution in [2.24, 2.45) is 0 Å². The number of hydrogen-bond donors (Lipinski definition) is 2. The summed E-state index contributed by atoms with van der Waals surface area (Å²) in [4.78, 5) is 0. The Bertz CT molecular complexity index is 269. The molecule has 0 saturated carbocycles. The summed E-state index contributed by atoms with van der Waals surface area (Å²) in [5.41, 5.74) is 2.40. The van der Waals surface area contributed by atoms with Gasteiger partial charge in [-0.25, -0.2) is 0 Å². The molecule has 14 heavy (non-hydrogen) atoms. The van der Waals surface area contributed by atoms with E-state index in [0.29, 0.717) is 6.42 Å². The highest BCUT2D eigenvalue weighted by Gasteiger charge is 2.00. The molecule has 0 radical (unpaired) electrons. The highest BCUT2D eigenvalue weighted by atomic mass is 16.3. The Kier molecular flexibility index (Phi) is 4.63. The predicted octanol–water partition coefficient (Wildman–Crippen LogP) is 1.53. The molecule has 1 aromatic carbocycles. The van der Waals surface area contributed by atoms with Gasteiger partial charge in [-0.1, -0.05) is 24.3 Å². The normalized spacial score (nSPS) is 12.8. The van der Waals surface area contributed by atoms with Gasteiger partial charge in [0.25, 0.3) is 0 Å². The van der Waals surface area contributed by atoms with Gasteiger partial charge in [-0.3, -0.25) is 0 Å². The summed E-state index contributed by atoms with van der Waals surface area (Å²) in [6.45, 7) is 2.03. The van der Waals surface area contributed by atoms with Crippen molar-refractivity contribution >= 4 is 0 Å². The van der Waals surface area contributed by atoms with Crippen molar-refractivity contribution in [1.82, 2.24) is 0 Å². The van der Waals surface area contributed by atoms with E-state index in [-0.39, 0.29) is 12.7 Å². The van der Waals surface area contributed by atoms with Crippen molar-refractivity contribution in [2.45, 2.75) is 32.3 Å². The molecule has 2 nitrogen and oxygen atoms in total. The molecule has 0 amide bonds. The largest absolute Gasteiger partial charge is 0.396 e. The van der Waals surface area contributed by atoms with E-state index in [0.717, 1.165) is 18.4 Å². The minimum Gasteiger partial charge on any atom is -0.396 e. The van der Waals surface area contributed by atoms with Crippen molar-refractivity contribution in [1.29, 1.82) is 0 Å². The predicted molar refractivity (Wildman–Crippen MR) is 57.2 cm³/mol. The molecular formula is C12H18O2. The van der Waals surface area contributed by atoms with E-state index in [4.69, 9.17) is 5.11 Å². The van der Waals surface area contributed by atoms with E-state index >= 15 is 0 Å². The number of hydrogen-bond acceptors (Lipinski definition) is 2. The smallest absolute Gasteiger partial charge is 0.0552 e. The molecular weight excluding hydrogens is 176 g/mol. The van der Waals surface area contributed by atoms with Crippen LogP contribution in [0.1, 0.15) is 24.5 Å². The van der Waals surface area contributed by atoms with Crippen LogP contribution in [0, 0.1) is 0 Å². The SMILES string of the molecule is CC(O)Cc1cccc(CCCO)c1. The number of rotatable bonds is 5. The van der Waals surface area contributed by atoms with Gasteiger partial charge < -0.3 is 10.2 Å². The minimum absolute atomic E-state index is 0.237. The first-order chi connectivity index (χ1) is 6.72. The van der Waals surface area contributed by atoms with Gasteiger partial charge in [0.2, 0.25) is 0 Å². The van der Waals surface area contributed by atoms with E-state index in [1.54, 1.807) is 6.92 Å². The molecule has 2 heteroatoms. The van der Waals surface area contributed by atoms with Gasteiger partial charge in [-0.2, -0.15) is 0 Å². The second kappa shape index (κ2) is 5.78. The molecule has 0 aromatic heterocycles. The fourth-order valence-corrected chi connectivity index (χ4v) is 1.54. The van der Waals surface area contributed by atoms with Crippen LogP contribution in [0.5, 0.6) is 0 Å². The molecule has 1 atom stereocenters. The molecule has 0 heterocycles. The standard InChI is InChI=1S/C12H18O2/c1-10(14)8-12-5-2-4-11(9-12)6-3-7-13/h2,4-5,9-10,13-14H,3,6-8H2,1H3. The summed E-state index contributed by atoms with van der Waals surface area (Å²) < 4.78 is 0. The maximum atomic E-state index is 9.23. The quantitative estimate of drug-likeness (QED) is 0.746. The second-order valence-corrected chi connectivity index (χ2v) is 3.70. The molecule has 78 valence electrons. The van der Waals surface area contributed by atoms with Crippen LogP contribution in [0.15, 0.2) is 24.3 Å². The molecule has 0 aliphatic heterocycles. The van der Waals surface area contributed by atoms with Crippen LogP contribution in [0.2, 0.25) is 0 Å². The van der Waals surface area contributed by atoms with E-state index < -0.39 is 0 Å². The Balaban J connectivity index is 2.59. The zero-order valence-corrected chi connectivity index (χ0v) is 8.61. The first-order valence-electron chi connectivity index (χ1n) is 5.09. The fraction of sp³-hybridized carbons (Fsp3) is 0.500. The van der Waals surface area contributed by atoms with Crippen molar-refractivity contribution in [3.8, 4) is 0 Å². The topological polar surface area (TPSA) is 40.5 Å². The van der Waals surface area contributed by atoms with Crippen LogP contribution >= 0.6 is 0 Å². The van der Waals surface area contributed by atoms with Crippen molar-refractivity contribution < 1.29 is 10.2 Å². The molecule has 0 aliphatic rings. The molecule has 0 fully saturated rings. The fourth-order valence-electron chi connectivity index (χ4n) is 1.54. The van der Waals surface area contributed by atoms with Gasteiger partial charge in [-0.15, -0.1) is 0 Å². The van der Waals surface area contributed by atoms with Gasteiger partial charge in [0.15, 0.2) is 0 Å². The lowest BCUT2D eigenvalue weighted by molar-refractivity contribution is 0.195. The highest BCUT2D eigenvalue weighted by Crippen LogP contribution is 2.09. The maximum Gasteiger partial charge on any atom is 0.0552 e. The van der Waals surface area contributed by atoms with E-state index in [1.165, 1.54) is 5.56 Å². The van der Waals surface area contributed by atoms with Gasteiger partial charge in [0.05, 0.1) is 6.10 Å². The molecule has 1 aromatic rings. The highest BCUT2D eigenvalue weighted by molar-refractivity contribution is 5.24. The molecule has 0 spiro atoms. The first kappa shape index (κ1) is 11.2. The van der Waals surface area contributed by atoms with E-state index in [1.807, 2.05) is 12.1 Å². The molecule has 0 aliphatic carbocycles. The molecule has 0 bridgehead atoms. The Morgan fingerprint density at radius 2 is 2.00 bits per heavy atom. The van der Waals surface area contributed by atoms with Crippen LogP contribution in [0.25, 0.3) is 0 Å². The zero-order chi connectivity index (χ0) is 10.4. The minimum atomic E-state index is -0.289. The Morgan fingerprint density at radius 3 is 2.64 bits per heavy atom. The average Bonchev–Trinajstić information content (AvgIpc) is 2.14. The number of aryl methyl sites for hydroxylation is 1. The summed E-state index contributed by atoms with van der Waals surface area (Å²) >= 11 is 0. The van der Waals surface area contributed by atoms with Gasteiger partial charge in [0, 0.05) is 6.61 Å². The first-order valence-corrected chi connectivity index (χ1v) is 5.09. The zero-order valence-electron chi connectivity index (χ0n) is 8.61. The summed E-state index contributed by atoms with van der Waals surface area (Å²) in [5.74, 6) is 0. The van der Waals surface area contributed by atoms with E-state index in [2.05, 4.69) is 12.1 Å². The Morgan fingerprint density at radius 1 is 1.29 bits per heavy atom. The molecule has 1 unspecified atom stereocenters. The summed E-state index contributed by atoms with van der Waals surface area (Å²) in [7, 11) is 0. The van der Waals surface area contributed by atoms with Gasteiger partial charge in [0.1, 0.15) is 0 Å². The lowest BCUT2D eigenvalue weighted by Gasteiger charge is -2.06. The monoisotopic (exact) mass is 194 g/mol. The molecule has 2 N–H and O–H groups in total. The van der Waals surface area contributed by atoms with Crippen LogP contribution in [-0.4, -0.2) is 22.9 Å². The van der Waals surface area contributed by atoms with Gasteiger partial charge >= 0.3 is 0 Å². The Hall–Kier alpha value is -0.860. The maximum absolute atomic E-state index is 9.23. The summed E-state index contributed by atoms with van der Waals surface area (Å²) in [5, 5.41) is 17.9. The third kappa shape index (κ3) is 3.90. The van der Waals surface area contributed by atoms with Gasteiger partial charge in [-0.05, 0) is 37.3 Å². The number of aliphatic hydroxyl groups is 2. The lowest BCUT2D eigenvalue weighted by atomic mass is 10.0. The van der Waals surface area contributed by atoms with E-state index in [9.17, 15) is 5.11 Å². The third-order valence-corrected chi connectivity index (χ3v) is 2.15. The number of benzene rings is 1. The molecule has 0 saturated heterocycles. The second-order valence-electron chi connectivity index (χ2n) is 3.70. The van der Waals surface area contributed by atoms with Crippen LogP contribution in [0.4, 0.5) is 0 Å². The summed E-state index contributed by atoms with van der Waals surface area (Å²) in [6.07, 6.45) is 2.12.